The third kappa shape index (κ3) is 2.83. The van der Waals surface area contributed by atoms with Crippen molar-refractivity contribution in [3.05, 3.63) is 29.6 Å². The van der Waals surface area contributed by atoms with Crippen LogP contribution in [0.5, 0.6) is 0 Å². The van der Waals surface area contributed by atoms with Gasteiger partial charge in [-0.05, 0) is 25.0 Å². The second-order valence-electron chi connectivity index (χ2n) is 3.26. The van der Waals surface area contributed by atoms with Crippen molar-refractivity contribution < 1.29 is 9.90 Å². The zero-order valence-corrected chi connectivity index (χ0v) is 8.36. The van der Waals surface area contributed by atoms with Crippen molar-refractivity contribution in [3.63, 3.8) is 0 Å². The summed E-state index contributed by atoms with van der Waals surface area (Å²) in [6.45, 7) is 2.12. The highest BCUT2D eigenvalue weighted by atomic mass is 16.4. The highest BCUT2D eigenvalue weighted by molar-refractivity contribution is 5.88. The molecular formula is C11H15NO2. The van der Waals surface area contributed by atoms with Crippen LogP contribution in [-0.4, -0.2) is 16.1 Å². The van der Waals surface area contributed by atoms with Crippen LogP contribution < -0.4 is 0 Å². The molecule has 0 radical (unpaired) electrons. The Balaban J connectivity index is 2.69. The van der Waals surface area contributed by atoms with Gasteiger partial charge in [0.25, 0.3) is 0 Å². The summed E-state index contributed by atoms with van der Waals surface area (Å²) in [5.74, 6) is -0.885. The first kappa shape index (κ1) is 10.7. The van der Waals surface area contributed by atoms with Crippen LogP contribution in [0.25, 0.3) is 0 Å². The lowest BCUT2D eigenvalue weighted by Gasteiger charge is -2.03. The third-order valence-corrected chi connectivity index (χ3v) is 2.14. The van der Waals surface area contributed by atoms with Crippen molar-refractivity contribution in [1.29, 1.82) is 0 Å². The Morgan fingerprint density at radius 2 is 2.29 bits per heavy atom. The Kier molecular flexibility index (Phi) is 4.11. The molecule has 0 saturated heterocycles. The van der Waals surface area contributed by atoms with E-state index in [4.69, 9.17) is 5.11 Å². The van der Waals surface area contributed by atoms with E-state index in [9.17, 15) is 4.79 Å². The number of nitrogens with zero attached hydrogens (tertiary/aromatic N) is 1. The van der Waals surface area contributed by atoms with E-state index in [-0.39, 0.29) is 0 Å². The first-order valence-electron chi connectivity index (χ1n) is 4.93. The molecule has 3 heteroatoms. The van der Waals surface area contributed by atoms with Crippen molar-refractivity contribution in [1.82, 2.24) is 4.98 Å². The second kappa shape index (κ2) is 5.37. The molecule has 0 unspecified atom stereocenters. The molecule has 1 aromatic heterocycles. The fourth-order valence-electron chi connectivity index (χ4n) is 1.37. The van der Waals surface area contributed by atoms with E-state index in [1.807, 2.05) is 0 Å². The Morgan fingerprint density at radius 3 is 2.93 bits per heavy atom. The zero-order chi connectivity index (χ0) is 10.4. The standard InChI is InChI=1S/C11H15NO2/c1-2-3-4-7-10-9(11(13)14)6-5-8-12-10/h5-6,8H,2-4,7H2,1H3,(H,13,14). The zero-order valence-electron chi connectivity index (χ0n) is 8.36. The molecule has 1 heterocycles. The van der Waals surface area contributed by atoms with Gasteiger partial charge in [-0.2, -0.15) is 0 Å². The first-order valence-corrected chi connectivity index (χ1v) is 4.93. The summed E-state index contributed by atoms with van der Waals surface area (Å²) >= 11 is 0. The summed E-state index contributed by atoms with van der Waals surface area (Å²) in [7, 11) is 0. The van der Waals surface area contributed by atoms with Crippen LogP contribution in [0.15, 0.2) is 18.3 Å². The van der Waals surface area contributed by atoms with E-state index in [0.29, 0.717) is 11.3 Å². The van der Waals surface area contributed by atoms with Gasteiger partial charge in [-0.1, -0.05) is 19.8 Å². The maximum Gasteiger partial charge on any atom is 0.337 e. The fourth-order valence-corrected chi connectivity index (χ4v) is 1.37. The number of pyridine rings is 1. The highest BCUT2D eigenvalue weighted by Gasteiger charge is 2.09. The molecule has 0 spiro atoms. The third-order valence-electron chi connectivity index (χ3n) is 2.14. The molecule has 0 amide bonds. The number of aromatic nitrogens is 1. The number of unbranched alkanes of at least 4 members (excludes halogenated alkanes) is 2. The number of carboxylic acid groups (broad SMARTS) is 1. The second-order valence-corrected chi connectivity index (χ2v) is 3.26. The minimum absolute atomic E-state index is 0.337. The normalized spacial score (nSPS) is 10.1. The van der Waals surface area contributed by atoms with Gasteiger partial charge in [0, 0.05) is 6.20 Å². The van der Waals surface area contributed by atoms with E-state index in [0.717, 1.165) is 25.7 Å². The molecule has 0 aliphatic rings. The molecule has 1 rings (SSSR count). The molecule has 0 atom stereocenters. The van der Waals surface area contributed by atoms with E-state index >= 15 is 0 Å². The largest absolute Gasteiger partial charge is 0.478 e. The molecule has 14 heavy (non-hydrogen) atoms. The number of hydrogen-bond donors (Lipinski definition) is 1. The van der Waals surface area contributed by atoms with E-state index in [1.165, 1.54) is 0 Å². The van der Waals surface area contributed by atoms with Gasteiger partial charge in [-0.25, -0.2) is 4.79 Å². The summed E-state index contributed by atoms with van der Waals surface area (Å²) < 4.78 is 0. The van der Waals surface area contributed by atoms with Crippen molar-refractivity contribution in [3.8, 4) is 0 Å². The number of aromatic carboxylic acids is 1. The number of carbonyl (C=O) groups is 1. The quantitative estimate of drug-likeness (QED) is 0.731. The molecule has 3 nitrogen and oxygen atoms in total. The van der Waals surface area contributed by atoms with Gasteiger partial charge in [0.2, 0.25) is 0 Å². The summed E-state index contributed by atoms with van der Waals surface area (Å²) in [6.07, 6.45) is 5.67. The van der Waals surface area contributed by atoms with Crippen molar-refractivity contribution >= 4 is 5.97 Å². The van der Waals surface area contributed by atoms with Gasteiger partial charge >= 0.3 is 5.97 Å². The summed E-state index contributed by atoms with van der Waals surface area (Å²) in [6, 6.07) is 3.27. The Bertz CT molecular complexity index is 310. The fraction of sp³-hybridized carbons (Fsp3) is 0.455. The van der Waals surface area contributed by atoms with Crippen LogP contribution >= 0.6 is 0 Å². The lowest BCUT2D eigenvalue weighted by Crippen LogP contribution is -2.04. The Morgan fingerprint density at radius 1 is 1.50 bits per heavy atom. The predicted octanol–water partition coefficient (Wildman–Crippen LogP) is 2.51. The molecule has 0 aromatic carbocycles. The number of hydrogen-bond acceptors (Lipinski definition) is 2. The maximum atomic E-state index is 10.8. The van der Waals surface area contributed by atoms with Gasteiger partial charge in [0.1, 0.15) is 0 Å². The van der Waals surface area contributed by atoms with Gasteiger partial charge in [-0.3, -0.25) is 4.98 Å². The van der Waals surface area contributed by atoms with Crippen LogP contribution in [0.4, 0.5) is 0 Å². The van der Waals surface area contributed by atoms with Crippen LogP contribution in [0.2, 0.25) is 0 Å². The number of rotatable bonds is 5. The smallest absolute Gasteiger partial charge is 0.337 e. The average molecular weight is 193 g/mol. The SMILES string of the molecule is CCCCCc1ncccc1C(=O)O. The molecule has 0 saturated carbocycles. The molecule has 1 aromatic rings. The van der Waals surface area contributed by atoms with Crippen molar-refractivity contribution in [2.24, 2.45) is 0 Å². The van der Waals surface area contributed by atoms with Gasteiger partial charge in [-0.15, -0.1) is 0 Å². The summed E-state index contributed by atoms with van der Waals surface area (Å²) in [5, 5.41) is 8.88. The summed E-state index contributed by atoms with van der Waals surface area (Å²) in [5.41, 5.74) is 1.04. The maximum absolute atomic E-state index is 10.8. The average Bonchev–Trinajstić information content (AvgIpc) is 2.19. The molecular weight excluding hydrogens is 178 g/mol. The van der Waals surface area contributed by atoms with Crippen LogP contribution in [0.3, 0.4) is 0 Å². The number of aryl methyl sites for hydroxylation is 1. The molecule has 1 N–H and O–H groups in total. The first-order chi connectivity index (χ1) is 6.75. The molecule has 0 fully saturated rings. The Labute approximate surface area is 83.8 Å². The van der Waals surface area contributed by atoms with Crippen LogP contribution in [0, 0.1) is 0 Å². The minimum atomic E-state index is -0.885. The topological polar surface area (TPSA) is 50.2 Å². The van der Waals surface area contributed by atoms with Gasteiger partial charge < -0.3 is 5.11 Å². The molecule has 0 aliphatic heterocycles. The Hall–Kier alpha value is -1.38. The molecule has 76 valence electrons. The van der Waals surface area contributed by atoms with E-state index in [2.05, 4.69) is 11.9 Å². The van der Waals surface area contributed by atoms with E-state index in [1.54, 1.807) is 18.3 Å². The van der Waals surface area contributed by atoms with Crippen molar-refractivity contribution in [2.75, 3.05) is 0 Å². The lowest BCUT2D eigenvalue weighted by molar-refractivity contribution is 0.0695. The predicted molar refractivity (Wildman–Crippen MR) is 54.4 cm³/mol. The molecule has 0 aliphatic carbocycles. The van der Waals surface area contributed by atoms with Gasteiger partial charge in [0.15, 0.2) is 0 Å². The van der Waals surface area contributed by atoms with Crippen LogP contribution in [0.1, 0.15) is 42.2 Å². The van der Waals surface area contributed by atoms with Crippen molar-refractivity contribution in [2.45, 2.75) is 32.6 Å². The minimum Gasteiger partial charge on any atom is -0.478 e. The van der Waals surface area contributed by atoms with E-state index < -0.39 is 5.97 Å². The summed E-state index contributed by atoms with van der Waals surface area (Å²) in [4.78, 5) is 14.9. The lowest BCUT2D eigenvalue weighted by atomic mass is 10.1. The monoisotopic (exact) mass is 193 g/mol. The molecule has 0 bridgehead atoms. The number of carboxylic acids is 1. The van der Waals surface area contributed by atoms with Gasteiger partial charge in [0.05, 0.1) is 11.3 Å². The van der Waals surface area contributed by atoms with Crippen LogP contribution in [-0.2, 0) is 6.42 Å². The highest BCUT2D eigenvalue weighted by Crippen LogP contribution is 2.09.